The van der Waals surface area contributed by atoms with Gasteiger partial charge >= 0.3 is 0 Å². The van der Waals surface area contributed by atoms with E-state index in [2.05, 4.69) is 23.2 Å². The first kappa shape index (κ1) is 16.0. The second-order valence-corrected chi connectivity index (χ2v) is 8.61. The number of hydrogen-bond donors (Lipinski definition) is 0. The summed E-state index contributed by atoms with van der Waals surface area (Å²) in [6.45, 7) is 1.61. The first-order chi connectivity index (χ1) is 12.8. The molecule has 26 heavy (non-hydrogen) atoms. The van der Waals surface area contributed by atoms with E-state index < -0.39 is 0 Å². The number of fused-ring (bicyclic) bond motifs is 2. The van der Waals surface area contributed by atoms with Gasteiger partial charge in [0.25, 0.3) is 0 Å². The number of thiazole rings is 2. The highest BCUT2D eigenvalue weighted by Crippen LogP contribution is 2.33. The van der Waals surface area contributed by atoms with Crippen LogP contribution in [0, 0.1) is 0 Å². The smallest absolute Gasteiger partial charge is 0.228 e. The third kappa shape index (κ3) is 2.91. The van der Waals surface area contributed by atoms with E-state index in [0.29, 0.717) is 12.3 Å². The minimum absolute atomic E-state index is 0.179. The molecule has 1 fully saturated rings. The monoisotopic (exact) mass is 382 g/mol. The van der Waals surface area contributed by atoms with Crippen LogP contribution in [0.2, 0.25) is 0 Å². The number of nitrogens with zero attached hydrogens (tertiary/aromatic N) is 4. The first-order valence-corrected chi connectivity index (χ1v) is 10.5. The van der Waals surface area contributed by atoms with Crippen LogP contribution >= 0.6 is 22.7 Å². The Balaban J connectivity index is 1.23. The van der Waals surface area contributed by atoms with Gasteiger partial charge in [-0.1, -0.05) is 12.1 Å². The third-order valence-electron chi connectivity index (χ3n) is 4.98. The summed E-state index contributed by atoms with van der Waals surface area (Å²) >= 11 is 3.38. The van der Waals surface area contributed by atoms with Crippen LogP contribution in [-0.4, -0.2) is 38.3 Å². The number of aromatic nitrogens is 3. The number of amides is 1. The maximum atomic E-state index is 12.6. The summed E-state index contributed by atoms with van der Waals surface area (Å²) in [5.41, 5.74) is 1.95. The zero-order valence-electron chi connectivity index (χ0n) is 14.2. The topological polar surface area (TPSA) is 50.5 Å². The molecule has 1 amide bonds. The number of likely N-dealkylation sites (tertiary alicyclic amines) is 1. The zero-order chi connectivity index (χ0) is 17.5. The molecule has 5 rings (SSSR count). The van der Waals surface area contributed by atoms with Crippen molar-refractivity contribution in [3.63, 3.8) is 0 Å². The lowest BCUT2D eigenvalue weighted by Gasteiger charge is -2.31. The number of carbonyl (C=O) groups is 1. The molecule has 4 heterocycles. The van der Waals surface area contributed by atoms with Crippen LogP contribution in [0.15, 0.2) is 42.0 Å². The van der Waals surface area contributed by atoms with E-state index in [1.807, 2.05) is 33.1 Å². The number of piperidine rings is 1. The fourth-order valence-corrected chi connectivity index (χ4v) is 5.42. The van der Waals surface area contributed by atoms with Gasteiger partial charge in [0.05, 0.1) is 27.3 Å². The van der Waals surface area contributed by atoms with Gasteiger partial charge in [-0.3, -0.25) is 9.20 Å². The van der Waals surface area contributed by atoms with Gasteiger partial charge in [0, 0.05) is 36.8 Å². The summed E-state index contributed by atoms with van der Waals surface area (Å²) in [6, 6.07) is 8.30. The lowest BCUT2D eigenvalue weighted by Crippen LogP contribution is -2.38. The number of hydrogen-bond acceptors (Lipinski definition) is 5. The van der Waals surface area contributed by atoms with E-state index in [1.165, 1.54) is 9.71 Å². The van der Waals surface area contributed by atoms with Crippen molar-refractivity contribution in [2.45, 2.75) is 25.2 Å². The molecule has 3 aromatic heterocycles. The van der Waals surface area contributed by atoms with Crippen molar-refractivity contribution < 1.29 is 4.79 Å². The molecule has 0 unspecified atom stereocenters. The second-order valence-electron chi connectivity index (χ2n) is 6.68. The first-order valence-electron chi connectivity index (χ1n) is 8.80. The Morgan fingerprint density at radius 1 is 1.19 bits per heavy atom. The van der Waals surface area contributed by atoms with Crippen molar-refractivity contribution in [1.82, 2.24) is 19.3 Å². The van der Waals surface area contributed by atoms with Crippen LogP contribution in [0.5, 0.6) is 0 Å². The minimum atomic E-state index is 0.179. The molecule has 1 saturated heterocycles. The highest BCUT2D eigenvalue weighted by atomic mass is 32.1. The van der Waals surface area contributed by atoms with Gasteiger partial charge in [-0.25, -0.2) is 9.97 Å². The molecule has 4 aromatic rings. The van der Waals surface area contributed by atoms with Crippen LogP contribution in [0.25, 0.3) is 15.2 Å². The predicted molar refractivity (Wildman–Crippen MR) is 105 cm³/mol. The molecule has 1 aromatic carbocycles. The Labute approximate surface area is 158 Å². The quantitative estimate of drug-likeness (QED) is 0.539. The standard InChI is InChI=1S/C19H18N4OS2/c24-17(11-14-12-23-9-10-25-19(23)20-14)22-7-5-13(6-8-22)18-21-15-3-1-2-4-16(15)26-18/h1-4,9-10,12-13H,5-8,11H2. The average Bonchev–Trinajstić information content (AvgIpc) is 3.35. The van der Waals surface area contributed by atoms with Gasteiger partial charge in [0.2, 0.25) is 5.91 Å². The molecule has 132 valence electrons. The Hall–Kier alpha value is -2.25. The zero-order valence-corrected chi connectivity index (χ0v) is 15.8. The fourth-order valence-electron chi connectivity index (χ4n) is 3.57. The summed E-state index contributed by atoms with van der Waals surface area (Å²) in [5, 5.41) is 3.22. The second kappa shape index (κ2) is 6.48. The Bertz CT molecular complexity index is 1010. The van der Waals surface area contributed by atoms with Gasteiger partial charge in [0.15, 0.2) is 4.96 Å². The minimum Gasteiger partial charge on any atom is -0.342 e. The van der Waals surface area contributed by atoms with Gasteiger partial charge in [-0.05, 0) is 25.0 Å². The van der Waals surface area contributed by atoms with Crippen molar-refractivity contribution in [1.29, 1.82) is 0 Å². The van der Waals surface area contributed by atoms with Gasteiger partial charge < -0.3 is 4.90 Å². The molecule has 0 saturated carbocycles. The largest absolute Gasteiger partial charge is 0.342 e. The van der Waals surface area contributed by atoms with Crippen LogP contribution < -0.4 is 0 Å². The van der Waals surface area contributed by atoms with Crippen LogP contribution in [0.1, 0.15) is 29.5 Å². The van der Waals surface area contributed by atoms with Crippen molar-refractivity contribution in [2.24, 2.45) is 0 Å². The van der Waals surface area contributed by atoms with E-state index in [9.17, 15) is 4.79 Å². The maximum absolute atomic E-state index is 12.6. The van der Waals surface area contributed by atoms with E-state index >= 15 is 0 Å². The molecule has 1 aliphatic heterocycles. The van der Waals surface area contributed by atoms with Crippen LogP contribution in [0.4, 0.5) is 0 Å². The maximum Gasteiger partial charge on any atom is 0.228 e. The fraction of sp³-hybridized carbons (Fsp3) is 0.316. The Morgan fingerprint density at radius 3 is 2.85 bits per heavy atom. The van der Waals surface area contributed by atoms with Gasteiger partial charge in [-0.15, -0.1) is 22.7 Å². The highest BCUT2D eigenvalue weighted by Gasteiger charge is 2.26. The number of imidazole rings is 1. The SMILES string of the molecule is O=C(Cc1cn2ccsc2n1)N1CCC(c2nc3ccccc3s2)CC1. The third-order valence-corrected chi connectivity index (χ3v) is 6.95. The Morgan fingerprint density at radius 2 is 2.04 bits per heavy atom. The van der Waals surface area contributed by atoms with Crippen LogP contribution in [0.3, 0.4) is 0 Å². The predicted octanol–water partition coefficient (Wildman–Crippen LogP) is 3.95. The van der Waals surface area contributed by atoms with Crippen molar-refractivity contribution in [2.75, 3.05) is 13.1 Å². The lowest BCUT2D eigenvalue weighted by atomic mass is 9.97. The summed E-state index contributed by atoms with van der Waals surface area (Å²) in [5.74, 6) is 0.646. The number of rotatable bonds is 3. The molecular formula is C19H18N4OS2. The molecule has 0 aliphatic carbocycles. The molecular weight excluding hydrogens is 364 g/mol. The van der Waals surface area contributed by atoms with Crippen molar-refractivity contribution >= 4 is 43.8 Å². The molecule has 0 spiro atoms. The summed E-state index contributed by atoms with van der Waals surface area (Å²) < 4.78 is 3.23. The van der Waals surface area contributed by atoms with Crippen molar-refractivity contribution in [3.05, 3.63) is 52.7 Å². The summed E-state index contributed by atoms with van der Waals surface area (Å²) in [4.78, 5) is 24.9. The molecule has 1 aliphatic rings. The summed E-state index contributed by atoms with van der Waals surface area (Å²) in [6.07, 6.45) is 6.30. The number of benzene rings is 1. The molecule has 0 bridgehead atoms. The molecule has 0 radical (unpaired) electrons. The summed E-state index contributed by atoms with van der Waals surface area (Å²) in [7, 11) is 0. The molecule has 0 N–H and O–H groups in total. The van der Waals surface area contributed by atoms with Gasteiger partial charge in [0.1, 0.15) is 0 Å². The van der Waals surface area contributed by atoms with E-state index in [0.717, 1.165) is 42.1 Å². The number of para-hydroxylation sites is 1. The average molecular weight is 383 g/mol. The molecule has 7 heteroatoms. The van der Waals surface area contributed by atoms with E-state index in [-0.39, 0.29) is 5.91 Å². The number of carbonyl (C=O) groups excluding carboxylic acids is 1. The Kier molecular flexibility index (Phi) is 3.98. The van der Waals surface area contributed by atoms with Crippen LogP contribution in [-0.2, 0) is 11.2 Å². The van der Waals surface area contributed by atoms with Gasteiger partial charge in [-0.2, -0.15) is 0 Å². The lowest BCUT2D eigenvalue weighted by molar-refractivity contribution is -0.131. The van der Waals surface area contributed by atoms with Crippen molar-refractivity contribution in [3.8, 4) is 0 Å². The molecule has 5 nitrogen and oxygen atoms in total. The molecule has 0 atom stereocenters. The van der Waals surface area contributed by atoms with E-state index in [4.69, 9.17) is 4.98 Å². The highest BCUT2D eigenvalue weighted by molar-refractivity contribution is 7.18. The van der Waals surface area contributed by atoms with E-state index in [1.54, 1.807) is 22.7 Å². The normalized spacial score (nSPS) is 15.9.